The predicted octanol–water partition coefficient (Wildman–Crippen LogP) is 3.24. The summed E-state index contributed by atoms with van der Waals surface area (Å²) < 4.78 is 1.67. The molecule has 0 aliphatic carbocycles. The topological polar surface area (TPSA) is 50.4 Å². The minimum Gasteiger partial charge on any atom is -0.378 e. The van der Waals surface area contributed by atoms with Crippen molar-refractivity contribution in [3.05, 3.63) is 30.0 Å². The minimum absolute atomic E-state index is 0.552. The molecule has 0 aliphatic rings. The van der Waals surface area contributed by atoms with Crippen LogP contribution in [0.3, 0.4) is 0 Å². The van der Waals surface area contributed by atoms with Crippen molar-refractivity contribution in [3.63, 3.8) is 0 Å². The van der Waals surface area contributed by atoms with E-state index in [1.165, 1.54) is 0 Å². The molecule has 0 atom stereocenters. The number of aliphatic imine (C=N–C) groups is 1. The van der Waals surface area contributed by atoms with Gasteiger partial charge in [0.2, 0.25) is 0 Å². The van der Waals surface area contributed by atoms with Crippen molar-refractivity contribution in [1.29, 1.82) is 0 Å². The van der Waals surface area contributed by atoms with Gasteiger partial charge in [-0.1, -0.05) is 31.6 Å². The number of allylic oxidation sites excluding steroid dienone is 2. The molecule has 0 bridgehead atoms. The zero-order valence-corrected chi connectivity index (χ0v) is 13.5. The summed E-state index contributed by atoms with van der Waals surface area (Å²) in [5, 5.41) is 14.1. The maximum Gasteiger partial charge on any atom is 0.159 e. The van der Waals surface area contributed by atoms with Gasteiger partial charge in [0.15, 0.2) is 5.82 Å². The summed E-state index contributed by atoms with van der Waals surface area (Å²) in [6, 6.07) is 0. The summed E-state index contributed by atoms with van der Waals surface area (Å²) >= 11 is 0. The van der Waals surface area contributed by atoms with Crippen LogP contribution in [0.25, 0.3) is 5.57 Å². The van der Waals surface area contributed by atoms with E-state index in [0.717, 1.165) is 23.1 Å². The Morgan fingerprint density at radius 3 is 2.57 bits per heavy atom. The largest absolute Gasteiger partial charge is 0.378 e. The monoisotopic (exact) mass is 285 g/mol. The zero-order chi connectivity index (χ0) is 16.2. The molecule has 1 aromatic rings. The minimum atomic E-state index is -1.08. The number of aromatic nitrogens is 2. The van der Waals surface area contributed by atoms with Gasteiger partial charge in [-0.2, -0.15) is 5.10 Å². The van der Waals surface area contributed by atoms with E-state index in [9.17, 15) is 5.11 Å². The van der Waals surface area contributed by atoms with Gasteiger partial charge >= 0.3 is 0 Å². The van der Waals surface area contributed by atoms with E-state index in [1.807, 2.05) is 27.1 Å². The SMILES string of the molecule is C=C(C)C(=C)c1c(C#CC(C)(C)O)nn(C)c1N=CCC. The molecule has 0 fully saturated rings. The van der Waals surface area contributed by atoms with Crippen molar-refractivity contribution in [1.82, 2.24) is 9.78 Å². The Morgan fingerprint density at radius 1 is 1.48 bits per heavy atom. The van der Waals surface area contributed by atoms with Crippen LogP contribution in [0, 0.1) is 11.8 Å². The number of rotatable bonds is 4. The molecule has 1 rings (SSSR count). The van der Waals surface area contributed by atoms with Crippen molar-refractivity contribution in [2.24, 2.45) is 12.0 Å². The van der Waals surface area contributed by atoms with Crippen LogP contribution in [0.5, 0.6) is 0 Å². The van der Waals surface area contributed by atoms with E-state index in [4.69, 9.17) is 0 Å². The predicted molar refractivity (Wildman–Crippen MR) is 88.7 cm³/mol. The molecule has 0 aliphatic heterocycles. The molecule has 0 unspecified atom stereocenters. The first-order chi connectivity index (χ1) is 9.67. The number of hydrogen-bond acceptors (Lipinski definition) is 3. The fourth-order valence-electron chi connectivity index (χ4n) is 1.63. The molecular weight excluding hydrogens is 262 g/mol. The molecule has 1 N–H and O–H groups in total. The number of hydrogen-bond donors (Lipinski definition) is 1. The highest BCUT2D eigenvalue weighted by atomic mass is 16.3. The highest BCUT2D eigenvalue weighted by molar-refractivity contribution is 5.85. The van der Waals surface area contributed by atoms with Crippen LogP contribution < -0.4 is 0 Å². The molecule has 21 heavy (non-hydrogen) atoms. The Kier molecular flexibility index (Phi) is 5.28. The Bertz CT molecular complexity index is 646. The lowest BCUT2D eigenvalue weighted by Gasteiger charge is -2.07. The summed E-state index contributed by atoms with van der Waals surface area (Å²) in [4.78, 5) is 4.44. The normalized spacial score (nSPS) is 11.3. The van der Waals surface area contributed by atoms with Crippen molar-refractivity contribution in [2.75, 3.05) is 0 Å². The molecule has 1 aromatic heterocycles. The molecule has 0 spiro atoms. The van der Waals surface area contributed by atoms with Crippen molar-refractivity contribution < 1.29 is 5.11 Å². The molecule has 4 nitrogen and oxygen atoms in total. The maximum absolute atomic E-state index is 9.76. The average Bonchev–Trinajstić information content (AvgIpc) is 2.68. The van der Waals surface area contributed by atoms with E-state index >= 15 is 0 Å². The van der Waals surface area contributed by atoms with Gasteiger partial charge in [0.1, 0.15) is 11.3 Å². The third kappa shape index (κ3) is 4.44. The van der Waals surface area contributed by atoms with Crippen molar-refractivity contribution in [2.45, 2.75) is 39.7 Å². The van der Waals surface area contributed by atoms with Gasteiger partial charge in [-0.05, 0) is 38.7 Å². The lowest BCUT2D eigenvalue weighted by atomic mass is 10.0. The summed E-state index contributed by atoms with van der Waals surface area (Å²) in [5.74, 6) is 6.39. The van der Waals surface area contributed by atoms with Crippen LogP contribution >= 0.6 is 0 Å². The van der Waals surface area contributed by atoms with Gasteiger partial charge in [-0.15, -0.1) is 0 Å². The fourth-order valence-corrected chi connectivity index (χ4v) is 1.63. The van der Waals surface area contributed by atoms with Crippen LogP contribution in [-0.4, -0.2) is 26.7 Å². The van der Waals surface area contributed by atoms with Gasteiger partial charge in [-0.25, -0.2) is 9.67 Å². The average molecular weight is 285 g/mol. The fraction of sp³-hybridized carbons (Fsp3) is 0.412. The Labute approximate surface area is 126 Å². The van der Waals surface area contributed by atoms with Gasteiger partial charge in [-0.3, -0.25) is 0 Å². The van der Waals surface area contributed by atoms with Crippen LogP contribution in [-0.2, 0) is 7.05 Å². The molecule has 4 heteroatoms. The second-order valence-corrected chi connectivity index (χ2v) is 5.46. The Hall–Kier alpha value is -2.12. The lowest BCUT2D eigenvalue weighted by Crippen LogP contribution is -2.14. The van der Waals surface area contributed by atoms with E-state index < -0.39 is 5.60 Å². The molecule has 0 amide bonds. The molecule has 0 radical (unpaired) electrons. The second kappa shape index (κ2) is 6.55. The standard InChI is InChI=1S/C17H23N3O/c1-8-11-18-16-15(13(4)12(2)3)14(19-20(16)7)9-10-17(5,6)21/h11,21H,2,4,8H2,1,3,5-7H3. The van der Waals surface area contributed by atoms with Crippen LogP contribution in [0.15, 0.2) is 23.7 Å². The first-order valence-electron chi connectivity index (χ1n) is 6.87. The molecule has 1 heterocycles. The number of nitrogens with zero attached hydrogens (tertiary/aromatic N) is 3. The zero-order valence-electron chi connectivity index (χ0n) is 13.5. The van der Waals surface area contributed by atoms with Gasteiger partial charge in [0.05, 0.1) is 5.56 Å². The van der Waals surface area contributed by atoms with Gasteiger partial charge in [0.25, 0.3) is 0 Å². The highest BCUT2D eigenvalue weighted by Gasteiger charge is 2.18. The van der Waals surface area contributed by atoms with Gasteiger partial charge < -0.3 is 5.11 Å². The van der Waals surface area contributed by atoms with Crippen LogP contribution in [0.4, 0.5) is 5.82 Å². The van der Waals surface area contributed by atoms with Crippen LogP contribution in [0.2, 0.25) is 0 Å². The smallest absolute Gasteiger partial charge is 0.159 e. The molecule has 0 saturated heterocycles. The van der Waals surface area contributed by atoms with Crippen molar-refractivity contribution >= 4 is 17.6 Å². The van der Waals surface area contributed by atoms with E-state index in [1.54, 1.807) is 18.5 Å². The van der Waals surface area contributed by atoms with E-state index in [-0.39, 0.29) is 0 Å². The quantitative estimate of drug-likeness (QED) is 0.524. The van der Waals surface area contributed by atoms with Crippen molar-refractivity contribution in [3.8, 4) is 11.8 Å². The van der Waals surface area contributed by atoms with Gasteiger partial charge in [0, 0.05) is 13.3 Å². The number of aryl methyl sites for hydroxylation is 1. The summed E-state index contributed by atoms with van der Waals surface area (Å²) in [6.07, 6.45) is 2.65. The molecular formula is C17H23N3O. The molecule has 0 saturated carbocycles. The van der Waals surface area contributed by atoms with Crippen LogP contribution in [0.1, 0.15) is 45.4 Å². The summed E-state index contributed by atoms with van der Waals surface area (Å²) in [5.41, 5.74) is 1.84. The number of aliphatic hydroxyl groups is 1. The summed E-state index contributed by atoms with van der Waals surface area (Å²) in [7, 11) is 1.81. The van der Waals surface area contributed by atoms with E-state index in [0.29, 0.717) is 11.5 Å². The first kappa shape index (κ1) is 16.9. The third-order valence-electron chi connectivity index (χ3n) is 2.72. The highest BCUT2D eigenvalue weighted by Crippen LogP contribution is 2.31. The Balaban J connectivity index is 3.50. The molecule has 112 valence electrons. The molecule has 0 aromatic carbocycles. The Morgan fingerprint density at radius 2 is 2.10 bits per heavy atom. The summed E-state index contributed by atoms with van der Waals surface area (Å²) in [6.45, 7) is 15.1. The first-order valence-corrected chi connectivity index (χ1v) is 6.87. The third-order valence-corrected chi connectivity index (χ3v) is 2.72. The lowest BCUT2D eigenvalue weighted by molar-refractivity contribution is 0.143. The van der Waals surface area contributed by atoms with E-state index in [2.05, 4.69) is 35.1 Å². The second-order valence-electron chi connectivity index (χ2n) is 5.46. The maximum atomic E-state index is 9.76.